The monoisotopic (exact) mass is 487 g/mol. The summed E-state index contributed by atoms with van der Waals surface area (Å²) in [6.45, 7) is 3.75. The second-order valence-electron chi connectivity index (χ2n) is 7.78. The zero-order chi connectivity index (χ0) is 24.6. The van der Waals surface area contributed by atoms with Gasteiger partial charge in [0.25, 0.3) is 11.8 Å². The van der Waals surface area contributed by atoms with Gasteiger partial charge < -0.3 is 9.47 Å². The first-order chi connectivity index (χ1) is 17.0. The summed E-state index contributed by atoms with van der Waals surface area (Å²) in [5.74, 6) is 0.387. The molecular weight excluding hydrogens is 462 g/mol. The molecule has 0 saturated carbocycles. The Morgan fingerprint density at radius 3 is 2.34 bits per heavy atom. The third kappa shape index (κ3) is 6.45. The number of benzene rings is 3. The Morgan fingerprint density at radius 1 is 0.857 bits per heavy atom. The minimum Gasteiger partial charge on any atom is -0.486 e. The van der Waals surface area contributed by atoms with E-state index in [1.807, 2.05) is 79.7 Å². The molecule has 0 aliphatic rings. The largest absolute Gasteiger partial charge is 0.486 e. The van der Waals surface area contributed by atoms with Crippen LogP contribution >= 0.6 is 11.3 Å². The molecule has 0 aliphatic carbocycles. The van der Waals surface area contributed by atoms with Crippen molar-refractivity contribution in [3.05, 3.63) is 100 Å². The lowest BCUT2D eigenvalue weighted by atomic mass is 10.1. The molecule has 2 N–H and O–H groups in total. The van der Waals surface area contributed by atoms with Crippen LogP contribution in [0.15, 0.2) is 78.9 Å². The predicted molar refractivity (Wildman–Crippen MR) is 135 cm³/mol. The number of hydrogen-bond acceptors (Lipinski definition) is 6. The highest BCUT2D eigenvalue weighted by Gasteiger charge is 2.17. The highest BCUT2D eigenvalue weighted by atomic mass is 32.1. The van der Waals surface area contributed by atoms with Gasteiger partial charge in [-0.1, -0.05) is 66.2 Å². The van der Waals surface area contributed by atoms with Gasteiger partial charge in [-0.25, -0.2) is 4.98 Å². The number of amides is 2. The van der Waals surface area contributed by atoms with Gasteiger partial charge in [-0.15, -0.1) is 11.3 Å². The molecule has 4 aromatic rings. The molecule has 2 amide bonds. The van der Waals surface area contributed by atoms with E-state index in [1.165, 1.54) is 11.3 Å². The van der Waals surface area contributed by atoms with E-state index in [0.717, 1.165) is 22.4 Å². The molecule has 0 saturated heterocycles. The van der Waals surface area contributed by atoms with Gasteiger partial charge in [0.05, 0.1) is 5.69 Å². The summed E-state index contributed by atoms with van der Waals surface area (Å²) in [4.78, 5) is 29.7. The van der Waals surface area contributed by atoms with Crippen molar-refractivity contribution in [2.75, 3.05) is 6.61 Å². The second-order valence-corrected chi connectivity index (χ2v) is 8.86. The molecule has 0 radical (unpaired) electrons. The summed E-state index contributed by atoms with van der Waals surface area (Å²) in [5.41, 5.74) is 8.40. The Labute approximate surface area is 207 Å². The van der Waals surface area contributed by atoms with Crippen molar-refractivity contribution in [1.82, 2.24) is 15.8 Å². The number of aromatic nitrogens is 1. The molecule has 178 valence electrons. The van der Waals surface area contributed by atoms with E-state index >= 15 is 0 Å². The molecule has 0 aliphatic heterocycles. The maximum absolute atomic E-state index is 12.6. The number of thiazole rings is 1. The topological polar surface area (TPSA) is 89.5 Å². The van der Waals surface area contributed by atoms with E-state index in [0.29, 0.717) is 21.3 Å². The lowest BCUT2D eigenvalue weighted by Gasteiger charge is -2.12. The van der Waals surface area contributed by atoms with E-state index in [4.69, 9.17) is 9.47 Å². The van der Waals surface area contributed by atoms with Crippen LogP contribution in [0.1, 0.15) is 25.9 Å². The number of rotatable bonds is 8. The molecule has 7 nitrogen and oxygen atoms in total. The van der Waals surface area contributed by atoms with Crippen molar-refractivity contribution in [3.63, 3.8) is 0 Å². The Bertz CT molecular complexity index is 1300. The molecule has 0 atom stereocenters. The molecule has 4 rings (SSSR count). The van der Waals surface area contributed by atoms with Crippen molar-refractivity contribution >= 4 is 23.2 Å². The van der Waals surface area contributed by atoms with Gasteiger partial charge >= 0.3 is 0 Å². The quantitative estimate of drug-likeness (QED) is 0.347. The lowest BCUT2D eigenvalue weighted by Crippen LogP contribution is -2.43. The van der Waals surface area contributed by atoms with Crippen molar-refractivity contribution in [2.24, 2.45) is 0 Å². The Balaban J connectivity index is 1.28. The van der Waals surface area contributed by atoms with Gasteiger partial charge in [-0.2, -0.15) is 0 Å². The van der Waals surface area contributed by atoms with Crippen LogP contribution in [0.25, 0.3) is 11.1 Å². The third-order valence-electron chi connectivity index (χ3n) is 5.08. The fourth-order valence-electron chi connectivity index (χ4n) is 3.32. The minimum absolute atomic E-state index is 0.249. The molecule has 1 aromatic heterocycles. The highest BCUT2D eigenvalue weighted by Crippen LogP contribution is 2.29. The highest BCUT2D eigenvalue weighted by molar-refractivity contribution is 7.13. The summed E-state index contributed by atoms with van der Waals surface area (Å²) in [6, 6.07) is 25.0. The first kappa shape index (κ1) is 24.0. The fraction of sp³-hybridized carbons (Fsp3) is 0.148. The summed E-state index contributed by atoms with van der Waals surface area (Å²) in [5, 5.41) is 0.667. The summed E-state index contributed by atoms with van der Waals surface area (Å²) in [6.07, 6.45) is 0. The molecule has 35 heavy (non-hydrogen) atoms. The zero-order valence-corrected chi connectivity index (χ0v) is 20.2. The Morgan fingerprint density at radius 2 is 1.57 bits per heavy atom. The van der Waals surface area contributed by atoms with Gasteiger partial charge in [-0.05, 0) is 37.6 Å². The van der Waals surface area contributed by atoms with Crippen molar-refractivity contribution < 1.29 is 19.1 Å². The smallest absolute Gasteiger partial charge is 0.281 e. The van der Waals surface area contributed by atoms with E-state index in [2.05, 4.69) is 15.8 Å². The number of carbonyl (C=O) groups is 2. The zero-order valence-electron chi connectivity index (χ0n) is 19.4. The molecule has 0 bridgehead atoms. The van der Waals surface area contributed by atoms with Gasteiger partial charge in [-0.3, -0.25) is 20.4 Å². The molecular formula is C27H25N3O4S. The fourth-order valence-corrected chi connectivity index (χ4v) is 4.19. The molecule has 8 heteroatoms. The first-order valence-electron chi connectivity index (χ1n) is 11.0. The maximum Gasteiger partial charge on any atom is 0.281 e. The van der Waals surface area contributed by atoms with Crippen LogP contribution in [0.4, 0.5) is 0 Å². The molecule has 0 fully saturated rings. The third-order valence-corrected chi connectivity index (χ3v) is 6.21. The number of ether oxygens (including phenoxy) is 2. The van der Waals surface area contributed by atoms with Gasteiger partial charge in [0, 0.05) is 5.56 Å². The number of nitrogens with one attached hydrogen (secondary N) is 2. The van der Waals surface area contributed by atoms with E-state index in [9.17, 15) is 9.59 Å². The Kier molecular flexibility index (Phi) is 7.74. The molecule has 0 unspecified atom stereocenters. The summed E-state index contributed by atoms with van der Waals surface area (Å²) in [7, 11) is 0. The lowest BCUT2D eigenvalue weighted by molar-refractivity contribution is -0.123. The number of hydrogen-bond donors (Lipinski definition) is 2. The average Bonchev–Trinajstić information content (AvgIpc) is 3.27. The normalized spacial score (nSPS) is 10.5. The standard InChI is InChI=1S/C27H25N3O4S/c1-18-12-14-21(15-13-18)33-17-25-28-19(2)26(35-25)27(32)30-29-24(31)16-34-23-11-7-6-10-22(23)20-8-4-3-5-9-20/h3-15H,16-17H2,1-2H3,(H,29,31)(H,30,32). The SMILES string of the molecule is Cc1ccc(OCc2nc(C)c(C(=O)NNC(=O)COc3ccccc3-c3ccccc3)s2)cc1. The predicted octanol–water partition coefficient (Wildman–Crippen LogP) is 4.85. The maximum atomic E-state index is 12.6. The number of para-hydroxylation sites is 1. The van der Waals surface area contributed by atoms with E-state index < -0.39 is 11.8 Å². The average molecular weight is 488 g/mol. The molecule has 1 heterocycles. The van der Waals surface area contributed by atoms with Crippen LogP contribution in [0.5, 0.6) is 11.5 Å². The number of nitrogens with zero attached hydrogens (tertiary/aromatic N) is 1. The van der Waals surface area contributed by atoms with Crippen LogP contribution in [0, 0.1) is 13.8 Å². The Hall–Kier alpha value is -4.17. The first-order valence-corrected chi connectivity index (χ1v) is 11.8. The summed E-state index contributed by atoms with van der Waals surface area (Å²) < 4.78 is 11.4. The molecule has 0 spiro atoms. The van der Waals surface area contributed by atoms with Crippen molar-refractivity contribution in [3.8, 4) is 22.6 Å². The van der Waals surface area contributed by atoms with Gasteiger partial charge in [0.2, 0.25) is 0 Å². The van der Waals surface area contributed by atoms with Crippen LogP contribution in [-0.2, 0) is 11.4 Å². The minimum atomic E-state index is -0.480. The van der Waals surface area contributed by atoms with Crippen LogP contribution in [0.3, 0.4) is 0 Å². The van der Waals surface area contributed by atoms with Gasteiger partial charge in [0.15, 0.2) is 6.61 Å². The number of hydrazine groups is 1. The van der Waals surface area contributed by atoms with Crippen LogP contribution in [-0.4, -0.2) is 23.4 Å². The van der Waals surface area contributed by atoms with Gasteiger partial charge in [0.1, 0.15) is 28.0 Å². The summed E-state index contributed by atoms with van der Waals surface area (Å²) >= 11 is 1.22. The number of carbonyl (C=O) groups excluding carboxylic acids is 2. The van der Waals surface area contributed by atoms with E-state index in [1.54, 1.807) is 13.0 Å². The van der Waals surface area contributed by atoms with Crippen LogP contribution in [0.2, 0.25) is 0 Å². The second kappa shape index (κ2) is 11.3. The van der Waals surface area contributed by atoms with Crippen molar-refractivity contribution in [1.29, 1.82) is 0 Å². The van der Waals surface area contributed by atoms with Crippen molar-refractivity contribution in [2.45, 2.75) is 20.5 Å². The molecule has 3 aromatic carbocycles. The van der Waals surface area contributed by atoms with Crippen LogP contribution < -0.4 is 20.3 Å². The number of aryl methyl sites for hydroxylation is 2. The van der Waals surface area contributed by atoms with E-state index in [-0.39, 0.29) is 13.2 Å².